The molecular weight excluding hydrogens is 194 g/mol. The third-order valence-corrected chi connectivity index (χ3v) is 3.35. The molecule has 1 aromatic carbocycles. The summed E-state index contributed by atoms with van der Waals surface area (Å²) in [6.07, 6.45) is 0.823. The van der Waals surface area contributed by atoms with Gasteiger partial charge in [0.15, 0.2) is 0 Å². The van der Waals surface area contributed by atoms with Crippen molar-refractivity contribution in [2.24, 2.45) is 5.73 Å². The Morgan fingerprint density at radius 3 is 2.79 bits per heavy atom. The third kappa shape index (κ3) is 3.33. The van der Waals surface area contributed by atoms with E-state index in [-0.39, 0.29) is 6.61 Å². The minimum Gasteiger partial charge on any atom is -0.396 e. The Labute approximate surface area is 89.5 Å². The van der Waals surface area contributed by atoms with Crippen LogP contribution < -0.4 is 5.73 Å². The Kier molecular flexibility index (Phi) is 5.01. The summed E-state index contributed by atoms with van der Waals surface area (Å²) < 4.78 is 0. The molecule has 0 saturated heterocycles. The normalized spacial score (nSPS) is 12.8. The molecule has 2 nitrogen and oxygen atoms in total. The van der Waals surface area contributed by atoms with Crippen molar-refractivity contribution in [3.8, 4) is 0 Å². The molecule has 1 aromatic rings. The molecule has 0 fully saturated rings. The summed E-state index contributed by atoms with van der Waals surface area (Å²) in [4.78, 5) is 1.23. The highest BCUT2D eigenvalue weighted by atomic mass is 32.2. The van der Waals surface area contributed by atoms with E-state index in [0.29, 0.717) is 11.8 Å². The summed E-state index contributed by atoms with van der Waals surface area (Å²) in [5.74, 6) is 0. The Morgan fingerprint density at radius 2 is 2.14 bits per heavy atom. The van der Waals surface area contributed by atoms with Gasteiger partial charge in [-0.3, -0.25) is 0 Å². The van der Waals surface area contributed by atoms with Crippen molar-refractivity contribution in [1.82, 2.24) is 0 Å². The van der Waals surface area contributed by atoms with Crippen molar-refractivity contribution < 1.29 is 5.11 Å². The van der Waals surface area contributed by atoms with Crippen molar-refractivity contribution >= 4 is 11.8 Å². The van der Waals surface area contributed by atoms with Crippen molar-refractivity contribution in [2.45, 2.75) is 30.0 Å². The van der Waals surface area contributed by atoms with Crippen LogP contribution in [0.15, 0.2) is 29.2 Å². The van der Waals surface area contributed by atoms with Gasteiger partial charge in [-0.1, -0.05) is 25.1 Å². The van der Waals surface area contributed by atoms with E-state index in [2.05, 4.69) is 13.0 Å². The quantitative estimate of drug-likeness (QED) is 0.732. The monoisotopic (exact) mass is 211 g/mol. The molecule has 0 aliphatic heterocycles. The molecule has 0 amide bonds. The summed E-state index contributed by atoms with van der Waals surface area (Å²) in [5, 5.41) is 9.24. The van der Waals surface area contributed by atoms with E-state index >= 15 is 0 Å². The number of rotatable bonds is 5. The van der Waals surface area contributed by atoms with Gasteiger partial charge >= 0.3 is 0 Å². The summed E-state index contributed by atoms with van der Waals surface area (Å²) >= 11 is 1.78. The van der Waals surface area contributed by atoms with Crippen LogP contribution in [0.2, 0.25) is 0 Å². The lowest BCUT2D eigenvalue weighted by molar-refractivity contribution is 0.289. The standard InChI is InChI=1S/C11H17NOS/c1-9(6-7-13)14-11-5-3-2-4-10(11)8-12/h2-5,9,13H,6-8,12H2,1H3. The van der Waals surface area contributed by atoms with Crippen LogP contribution in [0.25, 0.3) is 0 Å². The molecule has 0 spiro atoms. The van der Waals surface area contributed by atoms with Crippen LogP contribution in [0, 0.1) is 0 Å². The van der Waals surface area contributed by atoms with Gasteiger partial charge in [0.2, 0.25) is 0 Å². The minimum atomic E-state index is 0.249. The molecule has 0 aliphatic carbocycles. The van der Waals surface area contributed by atoms with E-state index in [1.54, 1.807) is 11.8 Å². The highest BCUT2D eigenvalue weighted by Crippen LogP contribution is 2.27. The molecule has 3 N–H and O–H groups in total. The molecule has 3 heteroatoms. The van der Waals surface area contributed by atoms with E-state index < -0.39 is 0 Å². The van der Waals surface area contributed by atoms with Crippen molar-refractivity contribution in [2.75, 3.05) is 6.61 Å². The average Bonchev–Trinajstić information content (AvgIpc) is 2.19. The minimum absolute atomic E-state index is 0.249. The lowest BCUT2D eigenvalue weighted by Crippen LogP contribution is -2.02. The van der Waals surface area contributed by atoms with Crippen LogP contribution in [-0.4, -0.2) is 17.0 Å². The Hall–Kier alpha value is -0.510. The molecule has 0 aromatic heterocycles. The zero-order chi connectivity index (χ0) is 10.4. The highest BCUT2D eigenvalue weighted by molar-refractivity contribution is 8.00. The highest BCUT2D eigenvalue weighted by Gasteiger charge is 2.06. The third-order valence-electron chi connectivity index (χ3n) is 2.06. The Balaban J connectivity index is 2.65. The smallest absolute Gasteiger partial charge is 0.0441 e. The van der Waals surface area contributed by atoms with Gasteiger partial charge in [0.05, 0.1) is 0 Å². The lowest BCUT2D eigenvalue weighted by atomic mass is 10.2. The topological polar surface area (TPSA) is 46.2 Å². The number of nitrogens with two attached hydrogens (primary N) is 1. The molecule has 78 valence electrons. The van der Waals surface area contributed by atoms with Gasteiger partial charge in [0.25, 0.3) is 0 Å². The zero-order valence-electron chi connectivity index (χ0n) is 8.44. The van der Waals surface area contributed by atoms with Gasteiger partial charge in [0.1, 0.15) is 0 Å². The van der Waals surface area contributed by atoms with Crippen LogP contribution >= 0.6 is 11.8 Å². The lowest BCUT2D eigenvalue weighted by Gasteiger charge is -2.12. The largest absolute Gasteiger partial charge is 0.396 e. The summed E-state index contributed by atoms with van der Waals surface area (Å²) in [6.45, 7) is 2.95. The second-order valence-electron chi connectivity index (χ2n) is 3.25. The molecule has 0 radical (unpaired) electrons. The van der Waals surface area contributed by atoms with Gasteiger partial charge < -0.3 is 10.8 Å². The van der Waals surface area contributed by atoms with Crippen LogP contribution in [0.3, 0.4) is 0 Å². The Bertz CT molecular complexity index is 278. The first-order valence-electron chi connectivity index (χ1n) is 4.83. The number of hydrogen-bond acceptors (Lipinski definition) is 3. The van der Waals surface area contributed by atoms with Crippen molar-refractivity contribution in [3.63, 3.8) is 0 Å². The first-order valence-corrected chi connectivity index (χ1v) is 5.71. The Morgan fingerprint density at radius 1 is 1.43 bits per heavy atom. The molecule has 1 unspecified atom stereocenters. The van der Waals surface area contributed by atoms with Gasteiger partial charge in [0, 0.05) is 23.3 Å². The van der Waals surface area contributed by atoms with E-state index in [4.69, 9.17) is 10.8 Å². The maximum Gasteiger partial charge on any atom is 0.0441 e. The molecule has 0 saturated carbocycles. The number of aliphatic hydroxyl groups excluding tert-OH is 1. The second kappa shape index (κ2) is 6.06. The van der Waals surface area contributed by atoms with E-state index in [9.17, 15) is 0 Å². The average molecular weight is 211 g/mol. The van der Waals surface area contributed by atoms with E-state index in [0.717, 1.165) is 6.42 Å². The zero-order valence-corrected chi connectivity index (χ0v) is 9.26. The predicted molar refractivity (Wildman–Crippen MR) is 61.4 cm³/mol. The number of benzene rings is 1. The van der Waals surface area contributed by atoms with Crippen LogP contribution in [0.4, 0.5) is 0 Å². The van der Waals surface area contributed by atoms with Crippen molar-refractivity contribution in [1.29, 1.82) is 0 Å². The first-order chi connectivity index (χ1) is 6.77. The fourth-order valence-electron chi connectivity index (χ4n) is 1.24. The number of hydrogen-bond donors (Lipinski definition) is 2. The van der Waals surface area contributed by atoms with Crippen LogP contribution in [0.5, 0.6) is 0 Å². The molecule has 0 aliphatic rings. The van der Waals surface area contributed by atoms with Gasteiger partial charge in [-0.25, -0.2) is 0 Å². The maximum absolute atomic E-state index is 8.80. The predicted octanol–water partition coefficient (Wildman–Crippen LogP) is 2.01. The molecule has 0 heterocycles. The summed E-state index contributed by atoms with van der Waals surface area (Å²) in [6, 6.07) is 8.16. The first kappa shape index (κ1) is 11.6. The maximum atomic E-state index is 8.80. The van der Waals surface area contributed by atoms with Gasteiger partial charge in [-0.05, 0) is 18.1 Å². The molecular formula is C11H17NOS. The van der Waals surface area contributed by atoms with Crippen LogP contribution in [0.1, 0.15) is 18.9 Å². The second-order valence-corrected chi connectivity index (χ2v) is 4.73. The van der Waals surface area contributed by atoms with E-state index in [1.807, 2.05) is 18.2 Å². The van der Waals surface area contributed by atoms with Gasteiger partial charge in [-0.15, -0.1) is 11.8 Å². The molecule has 1 rings (SSSR count). The van der Waals surface area contributed by atoms with Crippen LogP contribution in [-0.2, 0) is 6.54 Å². The fraction of sp³-hybridized carbons (Fsp3) is 0.455. The molecule has 14 heavy (non-hydrogen) atoms. The molecule has 1 atom stereocenters. The number of thioether (sulfide) groups is 1. The van der Waals surface area contributed by atoms with E-state index in [1.165, 1.54) is 10.5 Å². The SMILES string of the molecule is CC(CCO)Sc1ccccc1CN. The number of aliphatic hydroxyl groups is 1. The summed E-state index contributed by atoms with van der Waals surface area (Å²) in [7, 11) is 0. The van der Waals surface area contributed by atoms with Crippen molar-refractivity contribution in [3.05, 3.63) is 29.8 Å². The molecule has 0 bridgehead atoms. The fourth-order valence-corrected chi connectivity index (χ4v) is 2.36. The van der Waals surface area contributed by atoms with Gasteiger partial charge in [-0.2, -0.15) is 0 Å². The summed E-state index contributed by atoms with van der Waals surface area (Å²) in [5.41, 5.74) is 6.82.